The fourth-order valence-electron chi connectivity index (χ4n) is 6.00. The predicted octanol–water partition coefficient (Wildman–Crippen LogP) is 4.97. The topological polar surface area (TPSA) is 109 Å². The summed E-state index contributed by atoms with van der Waals surface area (Å²) >= 11 is 0. The van der Waals surface area contributed by atoms with Crippen LogP contribution in [0.1, 0.15) is 38.1 Å². The molecule has 0 spiro atoms. The second kappa shape index (κ2) is 12.0. The molecule has 1 amide bonds. The molecule has 0 unspecified atom stereocenters. The van der Waals surface area contributed by atoms with Crippen molar-refractivity contribution in [2.45, 2.75) is 38.1 Å². The molecule has 6 rings (SSSR count). The van der Waals surface area contributed by atoms with Crippen LogP contribution in [0.3, 0.4) is 0 Å². The maximum Gasteiger partial charge on any atom is 0.288 e. The summed E-state index contributed by atoms with van der Waals surface area (Å²) in [6.07, 6.45) is 11.1. The Morgan fingerprint density at radius 1 is 1.00 bits per heavy atom. The van der Waals surface area contributed by atoms with Crippen LogP contribution in [0.5, 0.6) is 11.5 Å². The van der Waals surface area contributed by atoms with Gasteiger partial charge in [-0.05, 0) is 68.6 Å². The standard InChI is InChI=1S/C32H36N6O3/c33-31-29-27(23-13-15-26(16-14-23)41-25-10-3-1-4-11-25)22-38(30(29)32(40)35-34-31)24-9-7-20-37(21-24)28(39)12-8-19-36-17-5-2-6-18-36/h1,3-4,8,10-16,22,24H,2,5-7,9,17-21H2,(H2,33,34)(H,35,40)/b12-8+/t24-/m1/s1. The van der Waals surface area contributed by atoms with Gasteiger partial charge in [0.1, 0.15) is 17.0 Å². The number of anilines is 1. The van der Waals surface area contributed by atoms with Crippen LogP contribution in [0.2, 0.25) is 0 Å². The van der Waals surface area contributed by atoms with E-state index in [9.17, 15) is 9.59 Å². The molecule has 212 valence electrons. The number of likely N-dealkylation sites (tertiary alicyclic amines) is 2. The number of carbonyl (C=O) groups excluding carboxylic acids is 1. The number of hydrogen-bond donors (Lipinski definition) is 2. The van der Waals surface area contributed by atoms with E-state index in [0.29, 0.717) is 29.7 Å². The fourth-order valence-corrected chi connectivity index (χ4v) is 6.00. The lowest BCUT2D eigenvalue weighted by Crippen LogP contribution is -2.40. The zero-order chi connectivity index (χ0) is 28.2. The number of ether oxygens (including phenoxy) is 1. The van der Waals surface area contributed by atoms with E-state index < -0.39 is 0 Å². The molecule has 0 bridgehead atoms. The minimum atomic E-state index is -0.297. The first kappa shape index (κ1) is 26.8. The van der Waals surface area contributed by atoms with Crippen LogP contribution in [-0.2, 0) is 4.79 Å². The minimum Gasteiger partial charge on any atom is -0.457 e. The Hall–Kier alpha value is -4.37. The smallest absolute Gasteiger partial charge is 0.288 e. The summed E-state index contributed by atoms with van der Waals surface area (Å²) < 4.78 is 7.95. The normalized spacial score (nSPS) is 18.2. The van der Waals surface area contributed by atoms with Gasteiger partial charge in [0.15, 0.2) is 5.82 Å². The van der Waals surface area contributed by atoms with Gasteiger partial charge in [-0.3, -0.25) is 14.5 Å². The molecule has 2 saturated heterocycles. The summed E-state index contributed by atoms with van der Waals surface area (Å²) in [4.78, 5) is 30.5. The molecule has 9 heteroatoms. The van der Waals surface area contributed by atoms with Crippen LogP contribution < -0.4 is 16.0 Å². The molecule has 9 nitrogen and oxygen atoms in total. The first-order valence-electron chi connectivity index (χ1n) is 14.5. The molecule has 2 aliphatic heterocycles. The number of nitrogens with two attached hydrogens (primary N) is 1. The number of aromatic nitrogens is 3. The van der Waals surface area contributed by atoms with E-state index >= 15 is 0 Å². The molecule has 3 N–H and O–H groups in total. The van der Waals surface area contributed by atoms with E-state index in [2.05, 4.69) is 15.1 Å². The summed E-state index contributed by atoms with van der Waals surface area (Å²) in [7, 11) is 0. The van der Waals surface area contributed by atoms with Crippen LogP contribution in [-0.4, -0.2) is 63.2 Å². The average molecular weight is 553 g/mol. The SMILES string of the molecule is Nc1n[nH]c(=O)c2c1c(-c1ccc(Oc3ccccc3)cc1)cn2[C@@H]1CCCN(C(=O)/C=C/CN2CCCCC2)C1. The van der Waals surface area contributed by atoms with Crippen molar-refractivity contribution in [3.8, 4) is 22.6 Å². The van der Waals surface area contributed by atoms with E-state index in [0.717, 1.165) is 49.4 Å². The van der Waals surface area contributed by atoms with Crippen LogP contribution in [0.25, 0.3) is 22.0 Å². The molecule has 2 aromatic carbocycles. The lowest BCUT2D eigenvalue weighted by molar-refractivity contribution is -0.127. The highest BCUT2D eigenvalue weighted by molar-refractivity contribution is 6.02. The van der Waals surface area contributed by atoms with E-state index in [1.54, 1.807) is 6.08 Å². The highest BCUT2D eigenvalue weighted by atomic mass is 16.5. The summed E-state index contributed by atoms with van der Waals surface area (Å²) in [5.41, 5.74) is 8.25. The van der Waals surface area contributed by atoms with Crippen molar-refractivity contribution in [1.82, 2.24) is 24.6 Å². The van der Waals surface area contributed by atoms with Crippen molar-refractivity contribution in [3.05, 3.63) is 83.3 Å². The number of aromatic amines is 1. The third-order valence-corrected chi connectivity index (χ3v) is 8.10. The number of benzene rings is 2. The van der Waals surface area contributed by atoms with Crippen LogP contribution in [0.4, 0.5) is 5.82 Å². The molecule has 2 aliphatic rings. The molecule has 41 heavy (non-hydrogen) atoms. The maximum atomic E-state index is 13.1. The molecular weight excluding hydrogens is 516 g/mol. The van der Waals surface area contributed by atoms with Crippen molar-refractivity contribution in [2.75, 3.05) is 38.5 Å². The summed E-state index contributed by atoms with van der Waals surface area (Å²) in [6.45, 7) is 4.25. The minimum absolute atomic E-state index is 0.0208. The lowest BCUT2D eigenvalue weighted by atomic mass is 10.1. The highest BCUT2D eigenvalue weighted by Gasteiger charge is 2.27. The van der Waals surface area contributed by atoms with Gasteiger partial charge in [-0.15, -0.1) is 0 Å². The van der Waals surface area contributed by atoms with Gasteiger partial charge in [0.05, 0.1) is 11.4 Å². The molecule has 0 saturated carbocycles. The number of carbonyl (C=O) groups is 1. The Labute approximate surface area is 239 Å². The Bertz CT molecular complexity index is 1590. The van der Waals surface area contributed by atoms with E-state index in [4.69, 9.17) is 10.5 Å². The number of nitrogens with zero attached hydrogens (tertiary/aromatic N) is 4. The molecular formula is C32H36N6O3. The van der Waals surface area contributed by atoms with Gasteiger partial charge < -0.3 is 19.9 Å². The molecule has 1 atom stereocenters. The van der Waals surface area contributed by atoms with E-state index in [-0.39, 0.29) is 23.3 Å². The monoisotopic (exact) mass is 552 g/mol. The van der Waals surface area contributed by atoms with Gasteiger partial charge in [0, 0.05) is 37.5 Å². The zero-order valence-electron chi connectivity index (χ0n) is 23.2. The Morgan fingerprint density at radius 2 is 1.76 bits per heavy atom. The van der Waals surface area contributed by atoms with Crippen molar-refractivity contribution >= 4 is 22.6 Å². The van der Waals surface area contributed by atoms with E-state index in [1.807, 2.05) is 76.3 Å². The number of para-hydroxylation sites is 1. The van der Waals surface area contributed by atoms with Gasteiger partial charge in [0.2, 0.25) is 5.91 Å². The van der Waals surface area contributed by atoms with Crippen molar-refractivity contribution in [2.24, 2.45) is 0 Å². The number of amides is 1. The second-order valence-corrected chi connectivity index (χ2v) is 10.9. The predicted molar refractivity (Wildman–Crippen MR) is 161 cm³/mol. The molecule has 4 aromatic rings. The van der Waals surface area contributed by atoms with Gasteiger partial charge >= 0.3 is 0 Å². The van der Waals surface area contributed by atoms with Gasteiger partial charge in [-0.2, -0.15) is 5.10 Å². The average Bonchev–Trinajstić information content (AvgIpc) is 3.43. The van der Waals surface area contributed by atoms with Crippen LogP contribution >= 0.6 is 0 Å². The van der Waals surface area contributed by atoms with Crippen LogP contribution in [0, 0.1) is 0 Å². The third-order valence-electron chi connectivity index (χ3n) is 8.10. The summed E-state index contributed by atoms with van der Waals surface area (Å²) in [5.74, 6) is 1.76. The lowest BCUT2D eigenvalue weighted by Gasteiger charge is -2.33. The zero-order valence-corrected chi connectivity index (χ0v) is 23.2. The maximum absolute atomic E-state index is 13.1. The summed E-state index contributed by atoms with van der Waals surface area (Å²) in [6, 6.07) is 17.3. The molecule has 0 aliphatic carbocycles. The van der Waals surface area contributed by atoms with Crippen molar-refractivity contribution in [1.29, 1.82) is 0 Å². The molecule has 2 fully saturated rings. The quantitative estimate of drug-likeness (QED) is 0.313. The number of nitrogens with one attached hydrogen (secondary N) is 1. The van der Waals surface area contributed by atoms with Gasteiger partial charge in [-0.25, -0.2) is 5.10 Å². The Kier molecular flexibility index (Phi) is 7.86. The first-order chi connectivity index (χ1) is 20.1. The van der Waals surface area contributed by atoms with E-state index in [1.165, 1.54) is 19.3 Å². The second-order valence-electron chi connectivity index (χ2n) is 10.9. The molecule has 2 aromatic heterocycles. The largest absolute Gasteiger partial charge is 0.457 e. The third kappa shape index (κ3) is 5.90. The first-order valence-corrected chi connectivity index (χ1v) is 14.5. The number of hydrogen-bond acceptors (Lipinski definition) is 6. The molecule has 0 radical (unpaired) electrons. The van der Waals surface area contributed by atoms with Crippen molar-refractivity contribution < 1.29 is 9.53 Å². The highest BCUT2D eigenvalue weighted by Crippen LogP contribution is 2.36. The number of nitrogen functional groups attached to an aromatic ring is 1. The number of H-pyrrole nitrogens is 1. The fraction of sp³-hybridized carbons (Fsp3) is 0.344. The van der Waals surface area contributed by atoms with Crippen LogP contribution in [0.15, 0.2) is 77.7 Å². The number of piperidine rings is 2. The number of fused-ring (bicyclic) bond motifs is 1. The Balaban J connectivity index is 1.24. The Morgan fingerprint density at radius 3 is 2.54 bits per heavy atom. The number of rotatable bonds is 7. The van der Waals surface area contributed by atoms with Crippen molar-refractivity contribution in [3.63, 3.8) is 0 Å². The summed E-state index contributed by atoms with van der Waals surface area (Å²) in [5, 5.41) is 7.23. The van der Waals surface area contributed by atoms with Gasteiger partial charge in [0.25, 0.3) is 5.56 Å². The van der Waals surface area contributed by atoms with Gasteiger partial charge in [-0.1, -0.05) is 42.8 Å². The molecule has 4 heterocycles.